The quantitative estimate of drug-likeness (QED) is 0.636. The van der Waals surface area contributed by atoms with Crippen LogP contribution in [-0.4, -0.2) is 30.8 Å². The summed E-state index contributed by atoms with van der Waals surface area (Å²) in [5.74, 6) is -0.959. The van der Waals surface area contributed by atoms with Crippen LogP contribution in [0.2, 0.25) is 0 Å². The highest BCUT2D eigenvalue weighted by molar-refractivity contribution is 5.73. The third-order valence-electron chi connectivity index (χ3n) is 1.62. The second-order valence-corrected chi connectivity index (χ2v) is 3.75. The van der Waals surface area contributed by atoms with E-state index in [0.29, 0.717) is 13.0 Å². The van der Waals surface area contributed by atoms with Gasteiger partial charge < -0.3 is 15.6 Å². The first-order valence-corrected chi connectivity index (χ1v) is 3.86. The van der Waals surface area contributed by atoms with E-state index in [1.54, 1.807) is 7.11 Å². The molecule has 0 unspecified atom stereocenters. The number of carboxylic acids is 1. The molecule has 0 aliphatic carbocycles. The Hall–Kier alpha value is -0.610. The summed E-state index contributed by atoms with van der Waals surface area (Å²) in [5.41, 5.74) is 5.20. The summed E-state index contributed by atoms with van der Waals surface area (Å²) in [4.78, 5) is 10.4. The first-order valence-electron chi connectivity index (χ1n) is 3.86. The topological polar surface area (TPSA) is 72.5 Å². The molecule has 12 heavy (non-hydrogen) atoms. The highest BCUT2D eigenvalue weighted by atomic mass is 16.5. The molecule has 0 aromatic rings. The standard InChI is InChI=1S/C8H17NO3/c1-8(2,5-12-3)4-6(9)7(10)11/h6H,4-5,9H2,1-3H3,(H,10,11)/t6-/m0/s1. The van der Waals surface area contributed by atoms with Gasteiger partial charge in [0.1, 0.15) is 6.04 Å². The van der Waals surface area contributed by atoms with Crippen LogP contribution in [0.1, 0.15) is 20.3 Å². The van der Waals surface area contributed by atoms with Gasteiger partial charge in [0, 0.05) is 7.11 Å². The van der Waals surface area contributed by atoms with E-state index in [2.05, 4.69) is 0 Å². The van der Waals surface area contributed by atoms with Crippen molar-refractivity contribution in [2.45, 2.75) is 26.3 Å². The molecular formula is C8H17NO3. The maximum Gasteiger partial charge on any atom is 0.320 e. The Morgan fingerprint density at radius 2 is 2.17 bits per heavy atom. The summed E-state index contributed by atoms with van der Waals surface area (Å²) >= 11 is 0. The van der Waals surface area contributed by atoms with Gasteiger partial charge in [-0.05, 0) is 11.8 Å². The average Bonchev–Trinajstić information content (AvgIpc) is 1.85. The van der Waals surface area contributed by atoms with Crippen LogP contribution in [0.5, 0.6) is 0 Å². The van der Waals surface area contributed by atoms with Gasteiger partial charge in [-0.1, -0.05) is 13.8 Å². The summed E-state index contributed by atoms with van der Waals surface area (Å²) in [6, 6.07) is -0.796. The number of hydrogen-bond acceptors (Lipinski definition) is 3. The van der Waals surface area contributed by atoms with Gasteiger partial charge in [0.25, 0.3) is 0 Å². The van der Waals surface area contributed by atoms with Gasteiger partial charge in [0.2, 0.25) is 0 Å². The predicted octanol–water partition coefficient (Wildman–Crippen LogP) is 0.461. The van der Waals surface area contributed by atoms with Crippen molar-refractivity contribution >= 4 is 5.97 Å². The molecule has 1 atom stereocenters. The van der Waals surface area contributed by atoms with Gasteiger partial charge in [-0.15, -0.1) is 0 Å². The predicted molar refractivity (Wildman–Crippen MR) is 45.9 cm³/mol. The molecule has 4 heteroatoms. The van der Waals surface area contributed by atoms with Crippen molar-refractivity contribution in [2.75, 3.05) is 13.7 Å². The molecule has 0 heterocycles. The van der Waals surface area contributed by atoms with Crippen molar-refractivity contribution in [3.05, 3.63) is 0 Å². The van der Waals surface area contributed by atoms with E-state index in [4.69, 9.17) is 15.6 Å². The lowest BCUT2D eigenvalue weighted by Gasteiger charge is -2.25. The zero-order chi connectivity index (χ0) is 9.78. The highest BCUT2D eigenvalue weighted by Gasteiger charge is 2.24. The molecule has 0 fully saturated rings. The first-order chi connectivity index (χ1) is 5.39. The number of hydrogen-bond donors (Lipinski definition) is 2. The second-order valence-electron chi connectivity index (χ2n) is 3.75. The van der Waals surface area contributed by atoms with Crippen LogP contribution in [-0.2, 0) is 9.53 Å². The monoisotopic (exact) mass is 175 g/mol. The van der Waals surface area contributed by atoms with Gasteiger partial charge in [-0.25, -0.2) is 0 Å². The van der Waals surface area contributed by atoms with Crippen LogP contribution in [0.25, 0.3) is 0 Å². The Kier molecular flexibility index (Phi) is 4.20. The van der Waals surface area contributed by atoms with E-state index in [-0.39, 0.29) is 5.41 Å². The smallest absolute Gasteiger partial charge is 0.320 e. The lowest BCUT2D eigenvalue weighted by atomic mass is 9.87. The number of aliphatic carboxylic acids is 1. The third kappa shape index (κ3) is 4.31. The van der Waals surface area contributed by atoms with Crippen LogP contribution >= 0.6 is 0 Å². The van der Waals surface area contributed by atoms with Crippen molar-refractivity contribution < 1.29 is 14.6 Å². The van der Waals surface area contributed by atoms with Gasteiger partial charge in [0.15, 0.2) is 0 Å². The maximum atomic E-state index is 10.4. The molecule has 0 amide bonds. The zero-order valence-electron chi connectivity index (χ0n) is 7.83. The fraction of sp³-hybridized carbons (Fsp3) is 0.875. The Morgan fingerprint density at radius 1 is 1.67 bits per heavy atom. The lowest BCUT2D eigenvalue weighted by Crippen LogP contribution is -2.36. The summed E-state index contributed by atoms with van der Waals surface area (Å²) in [7, 11) is 1.59. The number of rotatable bonds is 5. The minimum Gasteiger partial charge on any atom is -0.480 e. The Balaban J connectivity index is 3.95. The van der Waals surface area contributed by atoms with E-state index in [0.717, 1.165) is 0 Å². The normalized spacial score (nSPS) is 14.3. The van der Waals surface area contributed by atoms with Crippen LogP contribution in [0.4, 0.5) is 0 Å². The van der Waals surface area contributed by atoms with Crippen LogP contribution in [0.3, 0.4) is 0 Å². The molecule has 0 spiro atoms. The summed E-state index contributed by atoms with van der Waals surface area (Å²) in [6.45, 7) is 4.38. The van der Waals surface area contributed by atoms with Gasteiger partial charge in [-0.2, -0.15) is 0 Å². The Labute approximate surface area is 72.7 Å². The lowest BCUT2D eigenvalue weighted by molar-refractivity contribution is -0.139. The molecule has 0 saturated carbocycles. The number of carboxylic acid groups (broad SMARTS) is 1. The number of nitrogens with two attached hydrogens (primary N) is 1. The SMILES string of the molecule is COCC(C)(C)C[C@H](N)C(=O)O. The van der Waals surface area contributed by atoms with Crippen molar-refractivity contribution in [1.82, 2.24) is 0 Å². The van der Waals surface area contributed by atoms with Crippen molar-refractivity contribution in [3.8, 4) is 0 Å². The molecule has 0 saturated heterocycles. The highest BCUT2D eigenvalue weighted by Crippen LogP contribution is 2.21. The van der Waals surface area contributed by atoms with E-state index in [9.17, 15) is 4.79 Å². The zero-order valence-corrected chi connectivity index (χ0v) is 7.83. The van der Waals surface area contributed by atoms with Gasteiger partial charge in [-0.3, -0.25) is 4.79 Å². The van der Waals surface area contributed by atoms with Crippen LogP contribution in [0, 0.1) is 5.41 Å². The molecule has 0 aliphatic heterocycles. The number of carbonyl (C=O) groups is 1. The summed E-state index contributed by atoms with van der Waals surface area (Å²) in [5, 5.41) is 8.55. The van der Waals surface area contributed by atoms with E-state index >= 15 is 0 Å². The molecule has 0 aromatic heterocycles. The fourth-order valence-corrected chi connectivity index (χ4v) is 1.13. The fourth-order valence-electron chi connectivity index (χ4n) is 1.13. The van der Waals surface area contributed by atoms with Crippen LogP contribution < -0.4 is 5.73 Å². The number of ether oxygens (including phenoxy) is 1. The largest absolute Gasteiger partial charge is 0.480 e. The van der Waals surface area contributed by atoms with Crippen LogP contribution in [0.15, 0.2) is 0 Å². The molecule has 0 bridgehead atoms. The molecule has 72 valence electrons. The van der Waals surface area contributed by atoms with Crippen molar-refractivity contribution in [2.24, 2.45) is 11.1 Å². The molecular weight excluding hydrogens is 158 g/mol. The van der Waals surface area contributed by atoms with Gasteiger partial charge in [0.05, 0.1) is 6.61 Å². The molecule has 0 rings (SSSR count). The molecule has 3 N–H and O–H groups in total. The van der Waals surface area contributed by atoms with E-state index in [1.807, 2.05) is 13.8 Å². The maximum absolute atomic E-state index is 10.4. The Morgan fingerprint density at radius 3 is 2.50 bits per heavy atom. The molecule has 4 nitrogen and oxygen atoms in total. The van der Waals surface area contributed by atoms with E-state index in [1.165, 1.54) is 0 Å². The third-order valence-corrected chi connectivity index (χ3v) is 1.62. The summed E-state index contributed by atoms with van der Waals surface area (Å²) < 4.78 is 4.94. The summed E-state index contributed by atoms with van der Waals surface area (Å²) in [6.07, 6.45) is 0.427. The van der Waals surface area contributed by atoms with Crippen molar-refractivity contribution in [3.63, 3.8) is 0 Å². The van der Waals surface area contributed by atoms with E-state index < -0.39 is 12.0 Å². The van der Waals surface area contributed by atoms with Crippen molar-refractivity contribution in [1.29, 1.82) is 0 Å². The molecule has 0 radical (unpaired) electrons. The minimum atomic E-state index is -0.959. The van der Waals surface area contributed by atoms with Gasteiger partial charge >= 0.3 is 5.97 Å². The Bertz CT molecular complexity index is 156. The number of methoxy groups -OCH3 is 1. The average molecular weight is 175 g/mol. The molecule has 0 aromatic carbocycles. The first kappa shape index (κ1) is 11.4. The second kappa shape index (κ2) is 4.42. The minimum absolute atomic E-state index is 0.174. The molecule has 0 aliphatic rings.